The molecule has 10 heteroatoms. The third-order valence-corrected chi connectivity index (χ3v) is 3.39. The zero-order valence-electron chi connectivity index (χ0n) is 11.6. The average Bonchev–Trinajstić information content (AvgIpc) is 2.47. The van der Waals surface area contributed by atoms with Crippen LogP contribution in [0.1, 0.15) is 11.4 Å². The van der Waals surface area contributed by atoms with E-state index in [9.17, 15) is 25.1 Å². The number of rotatable bonds is 4. The Balaban J connectivity index is 2.40. The molecule has 1 heterocycles. The summed E-state index contributed by atoms with van der Waals surface area (Å²) in [6, 6.07) is 3.11. The number of phenols is 1. The average molecular weight is 384 g/mol. The number of benzene rings is 1. The number of aromatic nitrogens is 2. The highest BCUT2D eigenvalue weighted by molar-refractivity contribution is 9.10. The molecule has 3 N–H and O–H groups in total. The maximum atomic E-state index is 11.5. The molecule has 0 radical (unpaired) electrons. The minimum absolute atomic E-state index is 0.0656. The second kappa shape index (κ2) is 6.48. The number of halogens is 1. The predicted molar refractivity (Wildman–Crippen MR) is 84.5 cm³/mol. The molecule has 0 fully saturated rings. The predicted octanol–water partition coefficient (Wildman–Crippen LogP) is 2.03. The number of aromatic amines is 1. The molecule has 0 aliphatic rings. The highest BCUT2D eigenvalue weighted by Gasteiger charge is 2.21. The van der Waals surface area contributed by atoms with Crippen LogP contribution in [0.5, 0.6) is 17.4 Å². The van der Waals surface area contributed by atoms with Gasteiger partial charge in [0.1, 0.15) is 5.82 Å². The number of phenolic OH excluding ortho intramolecular Hbond substituents is 1. The Morgan fingerprint density at radius 3 is 2.65 bits per heavy atom. The Morgan fingerprint density at radius 1 is 1.39 bits per heavy atom. The summed E-state index contributed by atoms with van der Waals surface area (Å²) >= 11 is 3.16. The van der Waals surface area contributed by atoms with E-state index >= 15 is 0 Å². The Hall–Kier alpha value is -2.88. The van der Waals surface area contributed by atoms with Crippen LogP contribution in [0.4, 0.5) is 5.69 Å². The molecule has 0 spiro atoms. The Kier molecular flexibility index (Phi) is 4.65. The summed E-state index contributed by atoms with van der Waals surface area (Å²) in [6.45, 7) is 0. The van der Waals surface area contributed by atoms with Crippen LogP contribution in [0.25, 0.3) is 12.2 Å². The lowest BCUT2D eigenvalue weighted by atomic mass is 10.2. The van der Waals surface area contributed by atoms with Crippen molar-refractivity contribution in [3.05, 3.63) is 48.5 Å². The minimum Gasteiger partial charge on any atom is -0.503 e. The zero-order chi connectivity index (χ0) is 17.1. The Labute approximate surface area is 137 Å². The molecule has 9 nitrogen and oxygen atoms in total. The highest BCUT2D eigenvalue weighted by atomic mass is 79.9. The molecule has 0 atom stereocenters. The monoisotopic (exact) mass is 383 g/mol. The first-order valence-corrected chi connectivity index (χ1v) is 6.85. The van der Waals surface area contributed by atoms with E-state index in [2.05, 4.69) is 25.9 Å². The van der Waals surface area contributed by atoms with Gasteiger partial charge in [-0.05, 0) is 39.7 Å². The number of hydrogen-bond donors (Lipinski definition) is 3. The number of H-pyrrole nitrogens is 1. The van der Waals surface area contributed by atoms with Gasteiger partial charge in [0.2, 0.25) is 0 Å². The molecule has 0 amide bonds. The van der Waals surface area contributed by atoms with Gasteiger partial charge in [-0.25, -0.2) is 0 Å². The molecule has 0 saturated carbocycles. The van der Waals surface area contributed by atoms with Crippen LogP contribution >= 0.6 is 15.9 Å². The molecule has 0 unspecified atom stereocenters. The normalized spacial score (nSPS) is 10.9. The highest BCUT2D eigenvalue weighted by Crippen LogP contribution is 2.35. The lowest BCUT2D eigenvalue weighted by Gasteiger charge is -2.06. The van der Waals surface area contributed by atoms with Crippen molar-refractivity contribution in [3.8, 4) is 17.4 Å². The van der Waals surface area contributed by atoms with Crippen molar-refractivity contribution in [1.29, 1.82) is 0 Å². The van der Waals surface area contributed by atoms with E-state index < -0.39 is 22.0 Å². The van der Waals surface area contributed by atoms with Gasteiger partial charge in [0, 0.05) is 0 Å². The van der Waals surface area contributed by atoms with Crippen molar-refractivity contribution in [3.63, 3.8) is 0 Å². The molecule has 2 rings (SSSR count). The van der Waals surface area contributed by atoms with Crippen LogP contribution in [-0.4, -0.2) is 32.2 Å². The molecular formula is C13H10BrN3O6. The number of nitro groups is 1. The summed E-state index contributed by atoms with van der Waals surface area (Å²) in [7, 11) is 1.39. The van der Waals surface area contributed by atoms with E-state index in [1.165, 1.54) is 25.3 Å². The third kappa shape index (κ3) is 3.48. The molecule has 0 aliphatic heterocycles. The maximum Gasteiger partial charge on any atom is 0.395 e. The van der Waals surface area contributed by atoms with Gasteiger partial charge in [-0.1, -0.05) is 6.08 Å². The van der Waals surface area contributed by atoms with Crippen molar-refractivity contribution in [2.45, 2.75) is 0 Å². The lowest BCUT2D eigenvalue weighted by molar-refractivity contribution is -0.387. The van der Waals surface area contributed by atoms with E-state index in [1.807, 2.05) is 0 Å². The number of hydrogen-bond acceptors (Lipinski definition) is 7. The maximum absolute atomic E-state index is 11.5. The first-order valence-electron chi connectivity index (χ1n) is 6.05. The topological polar surface area (TPSA) is 139 Å². The summed E-state index contributed by atoms with van der Waals surface area (Å²) in [5.41, 5.74) is -1.49. The molecule has 0 aliphatic carbocycles. The number of methoxy groups -OCH3 is 1. The van der Waals surface area contributed by atoms with E-state index in [-0.39, 0.29) is 17.3 Å². The quantitative estimate of drug-likeness (QED) is 0.541. The van der Waals surface area contributed by atoms with Crippen LogP contribution in [0, 0.1) is 10.1 Å². The van der Waals surface area contributed by atoms with Crippen LogP contribution in [0.15, 0.2) is 21.4 Å². The van der Waals surface area contributed by atoms with E-state index in [0.29, 0.717) is 10.0 Å². The largest absolute Gasteiger partial charge is 0.503 e. The molecule has 0 saturated heterocycles. The van der Waals surface area contributed by atoms with Crippen LogP contribution in [-0.2, 0) is 0 Å². The van der Waals surface area contributed by atoms with E-state index in [4.69, 9.17) is 4.74 Å². The smallest absolute Gasteiger partial charge is 0.395 e. The molecular weight excluding hydrogens is 374 g/mol. The number of nitrogens with one attached hydrogen (secondary N) is 1. The van der Waals surface area contributed by atoms with Gasteiger partial charge in [-0.3, -0.25) is 14.9 Å². The second-order valence-corrected chi connectivity index (χ2v) is 5.12. The molecule has 120 valence electrons. The molecule has 23 heavy (non-hydrogen) atoms. The fraction of sp³-hybridized carbons (Fsp3) is 0.0769. The van der Waals surface area contributed by atoms with Crippen molar-refractivity contribution < 1.29 is 19.9 Å². The summed E-state index contributed by atoms with van der Waals surface area (Å²) in [5.74, 6) is -0.875. The lowest BCUT2D eigenvalue weighted by Crippen LogP contribution is -2.14. The van der Waals surface area contributed by atoms with Gasteiger partial charge < -0.3 is 19.9 Å². The Bertz CT molecular complexity index is 862. The van der Waals surface area contributed by atoms with Gasteiger partial charge in [0.15, 0.2) is 11.5 Å². The first kappa shape index (κ1) is 16.5. The van der Waals surface area contributed by atoms with Crippen molar-refractivity contribution in [2.24, 2.45) is 0 Å². The molecule has 2 aromatic rings. The summed E-state index contributed by atoms with van der Waals surface area (Å²) in [4.78, 5) is 26.8. The van der Waals surface area contributed by atoms with E-state index in [0.717, 1.165) is 0 Å². The van der Waals surface area contributed by atoms with Crippen molar-refractivity contribution in [1.82, 2.24) is 9.97 Å². The fourth-order valence-corrected chi connectivity index (χ4v) is 2.20. The van der Waals surface area contributed by atoms with Gasteiger partial charge in [-0.2, -0.15) is 4.98 Å². The number of nitrogens with zero attached hydrogens (tertiary/aromatic N) is 2. The molecule has 1 aromatic carbocycles. The summed E-state index contributed by atoms with van der Waals surface area (Å²) in [5, 5.41) is 29.7. The minimum atomic E-state index is -1.06. The van der Waals surface area contributed by atoms with Crippen molar-refractivity contribution >= 4 is 33.8 Å². The van der Waals surface area contributed by atoms with Gasteiger partial charge in [0.25, 0.3) is 5.88 Å². The standard InChI is InChI=1S/C13H10BrN3O6/c1-23-8-5-6(4-7(14)11(8)18)2-3-9-15-12(19)10(17(21)22)13(20)16-9/h2-5,18H,1H3,(H2,15,16,19,20). The summed E-state index contributed by atoms with van der Waals surface area (Å²) in [6.07, 6.45) is 2.85. The third-order valence-electron chi connectivity index (χ3n) is 2.78. The fourth-order valence-electron chi connectivity index (χ4n) is 1.74. The Morgan fingerprint density at radius 2 is 2.09 bits per heavy atom. The first-order chi connectivity index (χ1) is 10.8. The SMILES string of the molecule is COc1cc(C=Cc2nc(O)c([N+](=O)[O-])c(=O)[nH]2)cc(Br)c1O. The molecule has 0 bridgehead atoms. The van der Waals surface area contributed by atoms with Gasteiger partial charge >= 0.3 is 11.2 Å². The van der Waals surface area contributed by atoms with Gasteiger partial charge in [-0.15, -0.1) is 0 Å². The van der Waals surface area contributed by atoms with Gasteiger partial charge in [0.05, 0.1) is 16.5 Å². The van der Waals surface area contributed by atoms with Crippen LogP contribution in [0.3, 0.4) is 0 Å². The van der Waals surface area contributed by atoms with E-state index in [1.54, 1.807) is 6.07 Å². The zero-order valence-corrected chi connectivity index (χ0v) is 13.2. The summed E-state index contributed by atoms with van der Waals surface area (Å²) < 4.78 is 5.39. The molecule has 1 aromatic heterocycles. The van der Waals surface area contributed by atoms with Crippen LogP contribution in [0.2, 0.25) is 0 Å². The number of ether oxygens (including phenoxy) is 1. The number of aromatic hydroxyl groups is 2. The van der Waals surface area contributed by atoms with Crippen LogP contribution < -0.4 is 10.3 Å². The van der Waals surface area contributed by atoms with Crippen molar-refractivity contribution in [2.75, 3.05) is 7.11 Å². The second-order valence-electron chi connectivity index (χ2n) is 4.27.